The Morgan fingerprint density at radius 3 is 2.86 bits per heavy atom. The van der Waals surface area contributed by atoms with Crippen LogP contribution in [0.5, 0.6) is 0 Å². The SMILES string of the molecule is CC(C)(C)C1CCCN(C(=O)c2ccnc3ccncc23)C1. The van der Waals surface area contributed by atoms with Gasteiger partial charge in [-0.25, -0.2) is 0 Å². The van der Waals surface area contributed by atoms with Crippen LogP contribution in [0.4, 0.5) is 0 Å². The van der Waals surface area contributed by atoms with Gasteiger partial charge in [0.15, 0.2) is 0 Å². The van der Waals surface area contributed by atoms with Gasteiger partial charge in [0, 0.05) is 37.1 Å². The van der Waals surface area contributed by atoms with Gasteiger partial charge in [-0.05, 0) is 36.3 Å². The molecule has 1 saturated heterocycles. The first-order chi connectivity index (χ1) is 10.5. The number of piperidine rings is 1. The molecule has 0 saturated carbocycles. The third-order valence-electron chi connectivity index (χ3n) is 4.71. The summed E-state index contributed by atoms with van der Waals surface area (Å²) < 4.78 is 0. The summed E-state index contributed by atoms with van der Waals surface area (Å²) >= 11 is 0. The van der Waals surface area contributed by atoms with Crippen molar-refractivity contribution in [3.63, 3.8) is 0 Å². The molecule has 0 aliphatic carbocycles. The first kappa shape index (κ1) is 14.9. The zero-order valence-electron chi connectivity index (χ0n) is 13.5. The number of carbonyl (C=O) groups excluding carboxylic acids is 1. The number of likely N-dealkylation sites (tertiary alicyclic amines) is 1. The molecule has 22 heavy (non-hydrogen) atoms. The second kappa shape index (κ2) is 5.67. The van der Waals surface area contributed by atoms with E-state index in [2.05, 4.69) is 30.7 Å². The molecule has 4 nitrogen and oxygen atoms in total. The normalized spacial score (nSPS) is 19.4. The van der Waals surface area contributed by atoms with E-state index in [0.717, 1.165) is 30.4 Å². The highest BCUT2D eigenvalue weighted by molar-refractivity contribution is 6.05. The summed E-state index contributed by atoms with van der Waals surface area (Å²) in [5.74, 6) is 0.658. The molecule has 1 fully saturated rings. The van der Waals surface area contributed by atoms with Crippen molar-refractivity contribution in [2.75, 3.05) is 13.1 Å². The van der Waals surface area contributed by atoms with Crippen LogP contribution in [0.2, 0.25) is 0 Å². The van der Waals surface area contributed by atoms with Crippen LogP contribution in [-0.2, 0) is 0 Å². The largest absolute Gasteiger partial charge is 0.338 e. The van der Waals surface area contributed by atoms with E-state index in [9.17, 15) is 4.79 Å². The van der Waals surface area contributed by atoms with Crippen LogP contribution in [0, 0.1) is 11.3 Å². The molecule has 1 aliphatic rings. The zero-order valence-corrected chi connectivity index (χ0v) is 13.5. The lowest BCUT2D eigenvalue weighted by molar-refractivity contribution is 0.0565. The minimum atomic E-state index is 0.106. The molecule has 116 valence electrons. The predicted molar refractivity (Wildman–Crippen MR) is 87.6 cm³/mol. The Balaban J connectivity index is 1.90. The van der Waals surface area contributed by atoms with Crippen LogP contribution in [-0.4, -0.2) is 33.9 Å². The lowest BCUT2D eigenvalue weighted by Crippen LogP contribution is -2.43. The zero-order chi connectivity index (χ0) is 15.7. The van der Waals surface area contributed by atoms with Gasteiger partial charge in [0.25, 0.3) is 5.91 Å². The number of hydrogen-bond acceptors (Lipinski definition) is 3. The smallest absolute Gasteiger partial charge is 0.254 e. The highest BCUT2D eigenvalue weighted by Gasteiger charge is 2.32. The van der Waals surface area contributed by atoms with Crippen LogP contribution in [0.3, 0.4) is 0 Å². The Hall–Kier alpha value is -1.97. The van der Waals surface area contributed by atoms with Gasteiger partial charge in [0.05, 0.1) is 11.1 Å². The second-order valence-corrected chi connectivity index (χ2v) is 7.21. The minimum Gasteiger partial charge on any atom is -0.338 e. The Morgan fingerprint density at radius 1 is 1.27 bits per heavy atom. The van der Waals surface area contributed by atoms with Gasteiger partial charge < -0.3 is 4.90 Å². The summed E-state index contributed by atoms with van der Waals surface area (Å²) in [5.41, 5.74) is 1.78. The number of carbonyl (C=O) groups is 1. The topological polar surface area (TPSA) is 46.1 Å². The summed E-state index contributed by atoms with van der Waals surface area (Å²) in [6.07, 6.45) is 7.43. The summed E-state index contributed by atoms with van der Waals surface area (Å²) in [7, 11) is 0. The molecule has 2 aromatic heterocycles. The minimum absolute atomic E-state index is 0.106. The quantitative estimate of drug-likeness (QED) is 0.809. The van der Waals surface area contributed by atoms with Gasteiger partial charge in [0.2, 0.25) is 0 Å². The maximum Gasteiger partial charge on any atom is 0.254 e. The molecule has 4 heteroatoms. The lowest BCUT2D eigenvalue weighted by atomic mass is 9.76. The fourth-order valence-corrected chi connectivity index (χ4v) is 3.21. The average Bonchev–Trinajstić information content (AvgIpc) is 2.53. The van der Waals surface area contributed by atoms with Gasteiger partial charge in [-0.3, -0.25) is 14.8 Å². The van der Waals surface area contributed by atoms with E-state index in [0.29, 0.717) is 11.5 Å². The van der Waals surface area contributed by atoms with Crippen molar-refractivity contribution in [2.24, 2.45) is 11.3 Å². The Bertz CT molecular complexity index is 685. The molecule has 0 spiro atoms. The number of pyridine rings is 2. The average molecular weight is 297 g/mol. The molecule has 1 amide bonds. The third-order valence-corrected chi connectivity index (χ3v) is 4.71. The monoisotopic (exact) mass is 297 g/mol. The van der Waals surface area contributed by atoms with E-state index in [1.807, 2.05) is 17.0 Å². The molecule has 3 rings (SSSR count). The summed E-state index contributed by atoms with van der Waals surface area (Å²) in [4.78, 5) is 23.4. The number of rotatable bonds is 1. The van der Waals surface area contributed by atoms with Crippen LogP contribution in [0.15, 0.2) is 30.7 Å². The van der Waals surface area contributed by atoms with Crippen molar-refractivity contribution in [1.29, 1.82) is 0 Å². The van der Waals surface area contributed by atoms with Crippen molar-refractivity contribution in [1.82, 2.24) is 14.9 Å². The van der Waals surface area contributed by atoms with Gasteiger partial charge in [-0.2, -0.15) is 0 Å². The predicted octanol–water partition coefficient (Wildman–Crippen LogP) is 3.53. The fourth-order valence-electron chi connectivity index (χ4n) is 3.21. The van der Waals surface area contributed by atoms with Crippen LogP contribution in [0.1, 0.15) is 44.0 Å². The Morgan fingerprint density at radius 2 is 2.09 bits per heavy atom. The highest BCUT2D eigenvalue weighted by atomic mass is 16.2. The molecular weight excluding hydrogens is 274 g/mol. The lowest BCUT2D eigenvalue weighted by Gasteiger charge is -2.39. The summed E-state index contributed by atoms with van der Waals surface area (Å²) in [6.45, 7) is 8.47. The van der Waals surface area contributed by atoms with Crippen LogP contribution in [0.25, 0.3) is 10.9 Å². The first-order valence-electron chi connectivity index (χ1n) is 7.95. The molecule has 0 radical (unpaired) electrons. The Kier molecular flexibility index (Phi) is 3.85. The van der Waals surface area contributed by atoms with Gasteiger partial charge in [-0.15, -0.1) is 0 Å². The van der Waals surface area contributed by atoms with Crippen LogP contribution >= 0.6 is 0 Å². The molecular formula is C18H23N3O. The molecule has 1 atom stereocenters. The summed E-state index contributed by atoms with van der Waals surface area (Å²) in [6, 6.07) is 3.66. The molecule has 0 N–H and O–H groups in total. The van der Waals surface area contributed by atoms with E-state index >= 15 is 0 Å². The van der Waals surface area contributed by atoms with Crippen molar-refractivity contribution >= 4 is 16.8 Å². The van der Waals surface area contributed by atoms with E-state index in [1.54, 1.807) is 18.6 Å². The molecule has 2 aromatic rings. The van der Waals surface area contributed by atoms with Gasteiger partial charge in [-0.1, -0.05) is 20.8 Å². The number of hydrogen-bond donors (Lipinski definition) is 0. The molecule has 0 aromatic carbocycles. The fraction of sp³-hybridized carbons (Fsp3) is 0.500. The maximum absolute atomic E-state index is 13.0. The number of fused-ring (bicyclic) bond motifs is 1. The van der Waals surface area contributed by atoms with Crippen molar-refractivity contribution in [3.05, 3.63) is 36.3 Å². The van der Waals surface area contributed by atoms with E-state index in [4.69, 9.17) is 0 Å². The standard InChI is InChI=1S/C18H23N3O/c1-18(2,3)13-5-4-10-21(12-13)17(22)14-6-9-20-16-7-8-19-11-15(14)16/h6-9,11,13H,4-5,10,12H2,1-3H3. The Labute approximate surface area is 131 Å². The van der Waals surface area contributed by atoms with Gasteiger partial charge >= 0.3 is 0 Å². The van der Waals surface area contributed by atoms with Crippen molar-refractivity contribution in [2.45, 2.75) is 33.6 Å². The molecule has 0 bridgehead atoms. The number of aromatic nitrogens is 2. The van der Waals surface area contributed by atoms with E-state index in [-0.39, 0.29) is 11.3 Å². The number of amides is 1. The van der Waals surface area contributed by atoms with E-state index in [1.165, 1.54) is 6.42 Å². The third kappa shape index (κ3) is 2.82. The molecule has 3 heterocycles. The number of nitrogens with zero attached hydrogens (tertiary/aromatic N) is 3. The maximum atomic E-state index is 13.0. The van der Waals surface area contributed by atoms with Crippen molar-refractivity contribution in [3.8, 4) is 0 Å². The van der Waals surface area contributed by atoms with Crippen LogP contribution < -0.4 is 0 Å². The second-order valence-electron chi connectivity index (χ2n) is 7.21. The van der Waals surface area contributed by atoms with E-state index < -0.39 is 0 Å². The highest BCUT2D eigenvalue weighted by Crippen LogP contribution is 2.34. The molecule has 1 aliphatic heterocycles. The first-order valence-corrected chi connectivity index (χ1v) is 7.95. The van der Waals surface area contributed by atoms with Crippen molar-refractivity contribution < 1.29 is 4.79 Å². The summed E-state index contributed by atoms with van der Waals surface area (Å²) in [5, 5.41) is 0.841. The molecule has 1 unspecified atom stereocenters. The van der Waals surface area contributed by atoms with Gasteiger partial charge in [0.1, 0.15) is 0 Å².